The molecule has 0 aromatic rings. The molecule has 0 amide bonds. The van der Waals surface area contributed by atoms with Crippen LogP contribution in [0.4, 0.5) is 0 Å². The van der Waals surface area contributed by atoms with Gasteiger partial charge in [-0.3, -0.25) is 0 Å². The Morgan fingerprint density at radius 2 is 1.41 bits per heavy atom. The fourth-order valence-electron chi connectivity index (χ4n) is 2.77. The largest absolute Gasteiger partial charge is 0.348 e. The van der Waals surface area contributed by atoms with Gasteiger partial charge >= 0.3 is 0 Å². The molecule has 0 radical (unpaired) electrons. The fraction of sp³-hybridized carbons (Fsp3) is 1.00. The van der Waals surface area contributed by atoms with Gasteiger partial charge in [0.25, 0.3) is 0 Å². The van der Waals surface area contributed by atoms with Gasteiger partial charge in [-0.25, -0.2) is 0 Å². The first-order valence-corrected chi connectivity index (χ1v) is 9.22. The van der Waals surface area contributed by atoms with Crippen molar-refractivity contribution in [2.75, 3.05) is 19.8 Å². The van der Waals surface area contributed by atoms with Gasteiger partial charge in [0.15, 0.2) is 12.1 Å². The molecule has 1 aliphatic rings. The van der Waals surface area contributed by atoms with Gasteiger partial charge in [-0.15, -0.1) is 0 Å². The molecule has 0 aromatic heterocycles. The molecule has 1 rings (SSSR count). The van der Waals surface area contributed by atoms with E-state index in [1.54, 1.807) is 0 Å². The van der Waals surface area contributed by atoms with Crippen molar-refractivity contribution in [2.45, 2.75) is 97.2 Å². The second-order valence-electron chi connectivity index (χ2n) is 6.17. The van der Waals surface area contributed by atoms with Crippen molar-refractivity contribution in [1.82, 2.24) is 0 Å². The molecule has 0 spiro atoms. The summed E-state index contributed by atoms with van der Waals surface area (Å²) in [6, 6.07) is 0. The van der Waals surface area contributed by atoms with Crippen LogP contribution in [0.5, 0.6) is 0 Å². The Morgan fingerprint density at radius 3 is 1.91 bits per heavy atom. The van der Waals surface area contributed by atoms with E-state index in [9.17, 15) is 0 Å². The van der Waals surface area contributed by atoms with Gasteiger partial charge in [0, 0.05) is 19.6 Å². The molecule has 4 nitrogen and oxygen atoms in total. The molecule has 0 aromatic carbocycles. The summed E-state index contributed by atoms with van der Waals surface area (Å²) in [6.45, 7) is 10.0. The van der Waals surface area contributed by atoms with E-state index in [1.165, 1.54) is 38.5 Å². The van der Waals surface area contributed by atoms with Crippen LogP contribution >= 0.6 is 0 Å². The van der Waals surface area contributed by atoms with Crippen molar-refractivity contribution in [1.29, 1.82) is 0 Å². The Morgan fingerprint density at radius 1 is 0.864 bits per heavy atom. The van der Waals surface area contributed by atoms with Crippen molar-refractivity contribution in [3.05, 3.63) is 0 Å². The summed E-state index contributed by atoms with van der Waals surface area (Å²) in [5.41, 5.74) is 0. The number of epoxide rings is 1. The van der Waals surface area contributed by atoms with E-state index in [0.29, 0.717) is 19.8 Å². The van der Waals surface area contributed by atoms with Crippen LogP contribution in [0, 0.1) is 0 Å². The highest BCUT2D eigenvalue weighted by Crippen LogP contribution is 2.28. The van der Waals surface area contributed by atoms with Gasteiger partial charge in [0.2, 0.25) is 0 Å². The number of rotatable bonds is 15. The molecule has 1 fully saturated rings. The standard InChI is InChI=1S/C18H36O4/c1-5-8-9-10-11-12-13-14-18(20-6-2,21-7-3)15-19-17-16(4)22-17/h16-17H,5-15H2,1-4H3. The van der Waals surface area contributed by atoms with Crippen LogP contribution in [-0.4, -0.2) is 38.0 Å². The first-order valence-electron chi connectivity index (χ1n) is 9.22. The molecule has 2 unspecified atom stereocenters. The summed E-state index contributed by atoms with van der Waals surface area (Å²) in [4.78, 5) is 0. The average molecular weight is 316 g/mol. The SMILES string of the molecule is CCCCCCCCCC(COC1OC1C)(OCC)OCC. The van der Waals surface area contributed by atoms with Gasteiger partial charge in [0.05, 0.1) is 0 Å². The predicted molar refractivity (Wildman–Crippen MR) is 88.9 cm³/mol. The first-order chi connectivity index (χ1) is 10.7. The zero-order valence-electron chi connectivity index (χ0n) is 15.1. The third kappa shape index (κ3) is 7.91. The maximum atomic E-state index is 5.93. The van der Waals surface area contributed by atoms with Crippen molar-refractivity contribution >= 4 is 0 Å². The minimum Gasteiger partial charge on any atom is -0.348 e. The summed E-state index contributed by atoms with van der Waals surface area (Å²) >= 11 is 0. The molecule has 0 saturated carbocycles. The van der Waals surface area contributed by atoms with Crippen molar-refractivity contribution in [3.8, 4) is 0 Å². The molecule has 0 bridgehead atoms. The Labute approximate surface area is 136 Å². The third-order valence-electron chi connectivity index (χ3n) is 4.10. The number of hydrogen-bond acceptors (Lipinski definition) is 4. The minimum absolute atomic E-state index is 0.0747. The Balaban J connectivity index is 2.28. The highest BCUT2D eigenvalue weighted by Gasteiger charge is 2.40. The topological polar surface area (TPSA) is 40.2 Å². The van der Waals surface area contributed by atoms with Gasteiger partial charge < -0.3 is 18.9 Å². The van der Waals surface area contributed by atoms with E-state index in [-0.39, 0.29) is 12.4 Å². The summed E-state index contributed by atoms with van der Waals surface area (Å²) in [7, 11) is 0. The molecule has 0 N–H and O–H groups in total. The molecule has 1 heterocycles. The predicted octanol–water partition coefficient (Wildman–Crippen LogP) is 4.66. The Hall–Kier alpha value is -0.160. The maximum Gasteiger partial charge on any atom is 0.191 e. The lowest BCUT2D eigenvalue weighted by Crippen LogP contribution is -2.41. The normalized spacial score (nSPS) is 21.3. The van der Waals surface area contributed by atoms with E-state index in [4.69, 9.17) is 18.9 Å². The summed E-state index contributed by atoms with van der Waals surface area (Å²) in [5.74, 6) is -0.599. The maximum absolute atomic E-state index is 5.93. The van der Waals surface area contributed by atoms with E-state index in [1.807, 2.05) is 20.8 Å². The molecular formula is C18H36O4. The van der Waals surface area contributed by atoms with Crippen LogP contribution in [0.3, 0.4) is 0 Å². The molecule has 22 heavy (non-hydrogen) atoms. The highest BCUT2D eigenvalue weighted by molar-refractivity contribution is 4.75. The van der Waals surface area contributed by atoms with Crippen LogP contribution in [0.1, 0.15) is 79.1 Å². The first kappa shape index (κ1) is 19.9. The van der Waals surface area contributed by atoms with E-state index in [2.05, 4.69) is 6.92 Å². The van der Waals surface area contributed by atoms with Crippen molar-refractivity contribution in [3.63, 3.8) is 0 Å². The molecule has 1 aliphatic heterocycles. The quantitative estimate of drug-likeness (QED) is 0.250. The van der Waals surface area contributed by atoms with Crippen LogP contribution in [-0.2, 0) is 18.9 Å². The van der Waals surface area contributed by atoms with E-state index in [0.717, 1.165) is 12.8 Å². The van der Waals surface area contributed by atoms with Crippen LogP contribution in [0.25, 0.3) is 0 Å². The minimum atomic E-state index is -0.599. The summed E-state index contributed by atoms with van der Waals surface area (Å²) in [5, 5.41) is 0. The Kier molecular flexibility index (Phi) is 10.3. The van der Waals surface area contributed by atoms with Gasteiger partial charge in [-0.05, 0) is 27.2 Å². The zero-order valence-corrected chi connectivity index (χ0v) is 15.1. The molecule has 132 valence electrons. The number of hydrogen-bond donors (Lipinski definition) is 0. The lowest BCUT2D eigenvalue weighted by Gasteiger charge is -2.33. The monoisotopic (exact) mass is 316 g/mol. The second-order valence-corrected chi connectivity index (χ2v) is 6.17. The van der Waals surface area contributed by atoms with Gasteiger partial charge in [0.1, 0.15) is 12.7 Å². The summed E-state index contributed by atoms with van der Waals surface area (Å²) in [6.07, 6.45) is 10.0. The lowest BCUT2D eigenvalue weighted by atomic mass is 10.0. The number of unbranched alkanes of at least 4 members (excludes halogenated alkanes) is 6. The van der Waals surface area contributed by atoms with E-state index >= 15 is 0 Å². The molecular weight excluding hydrogens is 280 g/mol. The van der Waals surface area contributed by atoms with Crippen molar-refractivity contribution in [2.24, 2.45) is 0 Å². The summed E-state index contributed by atoms with van der Waals surface area (Å²) < 4.78 is 22.9. The zero-order chi connectivity index (χ0) is 16.3. The Bertz CT molecular complexity index is 264. The molecule has 4 heteroatoms. The second kappa shape index (κ2) is 11.4. The van der Waals surface area contributed by atoms with E-state index < -0.39 is 5.79 Å². The van der Waals surface area contributed by atoms with Crippen molar-refractivity contribution < 1.29 is 18.9 Å². The van der Waals surface area contributed by atoms with Gasteiger partial charge in [-0.1, -0.05) is 45.4 Å². The highest BCUT2D eigenvalue weighted by atomic mass is 16.8. The molecule has 2 atom stereocenters. The smallest absolute Gasteiger partial charge is 0.191 e. The lowest BCUT2D eigenvalue weighted by molar-refractivity contribution is -0.266. The van der Waals surface area contributed by atoms with Crippen LogP contribution < -0.4 is 0 Å². The molecule has 0 aliphatic carbocycles. The average Bonchev–Trinajstić information content (AvgIpc) is 3.21. The number of ether oxygens (including phenoxy) is 4. The molecule has 1 saturated heterocycles. The van der Waals surface area contributed by atoms with Gasteiger partial charge in [-0.2, -0.15) is 0 Å². The third-order valence-corrected chi connectivity index (χ3v) is 4.10. The fourth-order valence-corrected chi connectivity index (χ4v) is 2.77. The van der Waals surface area contributed by atoms with Crippen LogP contribution in [0.2, 0.25) is 0 Å². The van der Waals surface area contributed by atoms with Crippen LogP contribution in [0.15, 0.2) is 0 Å².